The van der Waals surface area contributed by atoms with E-state index in [4.69, 9.17) is 4.74 Å². The smallest absolute Gasteiger partial charge is 0.279 e. The van der Waals surface area contributed by atoms with E-state index in [0.29, 0.717) is 12.6 Å². The maximum atomic E-state index is 12.5. The minimum Gasteiger partial charge on any atom is -0.494 e. The van der Waals surface area contributed by atoms with Crippen molar-refractivity contribution in [1.29, 1.82) is 0 Å². The number of ether oxygens (including phenoxy) is 1. The normalized spacial score (nSPS) is 19.1. The van der Waals surface area contributed by atoms with Gasteiger partial charge >= 0.3 is 0 Å². The number of carbonyl (C=O) groups excluding carboxylic acids is 1. The number of hydrogen-bond acceptors (Lipinski definition) is 3. The van der Waals surface area contributed by atoms with Crippen LogP contribution >= 0.6 is 0 Å². The maximum Gasteiger partial charge on any atom is 0.279 e. The van der Waals surface area contributed by atoms with E-state index in [1.54, 1.807) is 0 Å². The van der Waals surface area contributed by atoms with Crippen LogP contribution in [-0.2, 0) is 4.79 Å². The van der Waals surface area contributed by atoms with Crippen LogP contribution in [-0.4, -0.2) is 44.7 Å². The van der Waals surface area contributed by atoms with Crippen LogP contribution in [0.2, 0.25) is 0 Å². The summed E-state index contributed by atoms with van der Waals surface area (Å²) < 4.78 is 5.67. The molecule has 5 heteroatoms. The second kappa shape index (κ2) is 10.3. The number of aryl methyl sites for hydroxylation is 1. The molecule has 2 N–H and O–H groups in total. The lowest BCUT2D eigenvalue weighted by Gasteiger charge is -2.38. The van der Waals surface area contributed by atoms with E-state index >= 15 is 0 Å². The van der Waals surface area contributed by atoms with Crippen molar-refractivity contribution in [1.82, 2.24) is 0 Å². The Labute approximate surface area is 174 Å². The number of rotatable bonds is 8. The van der Waals surface area contributed by atoms with Crippen molar-refractivity contribution in [2.45, 2.75) is 39.7 Å². The molecule has 0 spiro atoms. The molecule has 156 valence electrons. The maximum absolute atomic E-state index is 12.5. The first-order valence-corrected chi connectivity index (χ1v) is 10.7. The molecule has 2 atom stereocenters. The molecular formula is C24H34N3O2+. The number of nitrogens with one attached hydrogen (secondary N) is 2. The molecule has 0 saturated carbocycles. The first-order valence-electron chi connectivity index (χ1n) is 10.7. The standard InChI is InChI=1S/C24H33N3O2/c1-4-5-15-29-23-11-9-21(10-12-23)25-24(28)18-26-13-14-27(20(3)17-26)22-8-6-7-19(2)16-22/h6-12,16,20H,4-5,13-15,17-18H2,1-3H3,(H,25,28)/p+1/t20-/m1/s1. The molecule has 3 rings (SSSR count). The van der Waals surface area contributed by atoms with Crippen molar-refractivity contribution in [3.63, 3.8) is 0 Å². The second-order valence-corrected chi connectivity index (χ2v) is 8.04. The molecule has 1 unspecified atom stereocenters. The second-order valence-electron chi connectivity index (χ2n) is 8.04. The van der Waals surface area contributed by atoms with E-state index in [1.165, 1.54) is 16.2 Å². The number of hydrogen-bond donors (Lipinski definition) is 2. The summed E-state index contributed by atoms with van der Waals surface area (Å²) in [6.07, 6.45) is 2.17. The predicted molar refractivity (Wildman–Crippen MR) is 119 cm³/mol. The van der Waals surface area contributed by atoms with Gasteiger partial charge in [-0.1, -0.05) is 25.5 Å². The Bertz CT molecular complexity index is 791. The highest BCUT2D eigenvalue weighted by atomic mass is 16.5. The third-order valence-corrected chi connectivity index (χ3v) is 5.47. The average Bonchev–Trinajstić information content (AvgIpc) is 2.69. The summed E-state index contributed by atoms with van der Waals surface area (Å²) in [7, 11) is 0. The minimum absolute atomic E-state index is 0.0656. The van der Waals surface area contributed by atoms with Gasteiger partial charge in [-0.25, -0.2) is 0 Å². The Kier molecular flexibility index (Phi) is 7.53. The Morgan fingerprint density at radius 1 is 1.24 bits per heavy atom. The van der Waals surface area contributed by atoms with Crippen LogP contribution < -0.4 is 19.9 Å². The van der Waals surface area contributed by atoms with E-state index in [-0.39, 0.29) is 5.91 Å². The highest BCUT2D eigenvalue weighted by molar-refractivity contribution is 5.91. The van der Waals surface area contributed by atoms with Crippen molar-refractivity contribution < 1.29 is 14.4 Å². The van der Waals surface area contributed by atoms with Gasteiger partial charge in [-0.15, -0.1) is 0 Å². The van der Waals surface area contributed by atoms with E-state index in [0.717, 1.165) is 50.5 Å². The third kappa shape index (κ3) is 6.23. The summed E-state index contributed by atoms with van der Waals surface area (Å²) in [6, 6.07) is 16.7. The van der Waals surface area contributed by atoms with Crippen LogP contribution in [0.3, 0.4) is 0 Å². The number of nitrogens with zero attached hydrogens (tertiary/aromatic N) is 1. The summed E-state index contributed by atoms with van der Waals surface area (Å²) in [5, 5.41) is 3.02. The number of quaternary nitrogens is 1. The monoisotopic (exact) mass is 396 g/mol. The van der Waals surface area contributed by atoms with Crippen molar-refractivity contribution in [2.75, 3.05) is 43.0 Å². The highest BCUT2D eigenvalue weighted by Gasteiger charge is 2.28. The van der Waals surface area contributed by atoms with Gasteiger partial charge in [0.1, 0.15) is 5.75 Å². The fourth-order valence-electron chi connectivity index (χ4n) is 3.88. The zero-order valence-electron chi connectivity index (χ0n) is 17.9. The highest BCUT2D eigenvalue weighted by Crippen LogP contribution is 2.19. The summed E-state index contributed by atoms with van der Waals surface area (Å²) in [4.78, 5) is 16.3. The molecule has 5 nitrogen and oxygen atoms in total. The third-order valence-electron chi connectivity index (χ3n) is 5.47. The lowest BCUT2D eigenvalue weighted by atomic mass is 10.1. The molecule has 29 heavy (non-hydrogen) atoms. The van der Waals surface area contributed by atoms with Gasteiger partial charge in [0.25, 0.3) is 5.91 Å². The molecule has 1 saturated heterocycles. The summed E-state index contributed by atoms with van der Waals surface area (Å²) in [5.74, 6) is 0.916. The first kappa shape index (κ1) is 21.2. The Morgan fingerprint density at radius 3 is 2.72 bits per heavy atom. The fourth-order valence-corrected chi connectivity index (χ4v) is 3.88. The number of piperazine rings is 1. The van der Waals surface area contributed by atoms with E-state index in [1.807, 2.05) is 24.3 Å². The van der Waals surface area contributed by atoms with Gasteiger partial charge in [-0.2, -0.15) is 0 Å². The van der Waals surface area contributed by atoms with Crippen LogP contribution in [0.25, 0.3) is 0 Å². The fraction of sp³-hybridized carbons (Fsp3) is 0.458. The molecule has 0 bridgehead atoms. The van der Waals surface area contributed by atoms with Gasteiger partial charge in [-0.05, 0) is 62.2 Å². The zero-order valence-corrected chi connectivity index (χ0v) is 17.9. The zero-order chi connectivity index (χ0) is 20.6. The van der Waals surface area contributed by atoms with Crippen molar-refractivity contribution in [3.05, 3.63) is 54.1 Å². The van der Waals surface area contributed by atoms with Crippen LogP contribution in [0.15, 0.2) is 48.5 Å². The van der Waals surface area contributed by atoms with Crippen molar-refractivity contribution >= 4 is 17.3 Å². The number of carbonyl (C=O) groups is 1. The van der Waals surface area contributed by atoms with Crippen molar-refractivity contribution in [2.24, 2.45) is 0 Å². The SMILES string of the molecule is CCCCOc1ccc(NC(=O)C[NH+]2CCN(c3cccc(C)c3)[C@H](C)C2)cc1. The Balaban J connectivity index is 1.46. The number of amides is 1. The Hall–Kier alpha value is -2.53. The predicted octanol–water partition coefficient (Wildman–Crippen LogP) is 2.91. The van der Waals surface area contributed by atoms with Crippen molar-refractivity contribution in [3.8, 4) is 5.75 Å². The van der Waals surface area contributed by atoms with Gasteiger partial charge in [0.15, 0.2) is 6.54 Å². The lowest BCUT2D eigenvalue weighted by Crippen LogP contribution is -3.16. The summed E-state index contributed by atoms with van der Waals surface area (Å²) >= 11 is 0. The molecule has 0 aromatic heterocycles. The number of benzene rings is 2. The molecule has 2 aromatic carbocycles. The van der Waals surface area contributed by atoms with Crippen LogP contribution in [0.1, 0.15) is 32.3 Å². The van der Waals surface area contributed by atoms with Gasteiger partial charge in [-0.3, -0.25) is 4.79 Å². The largest absolute Gasteiger partial charge is 0.494 e. The van der Waals surface area contributed by atoms with Gasteiger partial charge in [0.05, 0.1) is 32.3 Å². The molecule has 0 radical (unpaired) electrons. The van der Waals surface area contributed by atoms with Crippen LogP contribution in [0.5, 0.6) is 5.75 Å². The quantitative estimate of drug-likeness (QED) is 0.675. The van der Waals surface area contributed by atoms with E-state index in [2.05, 4.69) is 55.3 Å². The van der Waals surface area contributed by atoms with E-state index < -0.39 is 0 Å². The Morgan fingerprint density at radius 2 is 2.03 bits per heavy atom. The molecule has 1 heterocycles. The lowest BCUT2D eigenvalue weighted by molar-refractivity contribution is -0.894. The molecule has 1 aliphatic heterocycles. The molecule has 0 aliphatic carbocycles. The van der Waals surface area contributed by atoms with Gasteiger partial charge in [0, 0.05) is 11.4 Å². The van der Waals surface area contributed by atoms with Gasteiger partial charge < -0.3 is 19.9 Å². The minimum atomic E-state index is 0.0656. The summed E-state index contributed by atoms with van der Waals surface area (Å²) in [5.41, 5.74) is 3.39. The van der Waals surface area contributed by atoms with Crippen LogP contribution in [0.4, 0.5) is 11.4 Å². The first-order chi connectivity index (χ1) is 14.0. The molecule has 1 amide bonds. The van der Waals surface area contributed by atoms with Gasteiger partial charge in [0.2, 0.25) is 0 Å². The molecule has 1 fully saturated rings. The van der Waals surface area contributed by atoms with Crippen LogP contribution in [0, 0.1) is 6.92 Å². The average molecular weight is 397 g/mol. The summed E-state index contributed by atoms with van der Waals surface area (Å²) in [6.45, 7) is 10.7. The molecule has 1 aliphatic rings. The van der Waals surface area contributed by atoms with E-state index in [9.17, 15) is 4.79 Å². The topological polar surface area (TPSA) is 46.0 Å². The number of anilines is 2. The molecule has 2 aromatic rings. The molecular weight excluding hydrogens is 362 g/mol. The number of unbranched alkanes of at least 4 members (excludes halogenated alkanes) is 1.